The van der Waals surface area contributed by atoms with Gasteiger partial charge in [0.2, 0.25) is 0 Å². The van der Waals surface area contributed by atoms with Crippen molar-refractivity contribution in [2.24, 2.45) is 5.10 Å². The van der Waals surface area contributed by atoms with E-state index >= 15 is 0 Å². The zero-order chi connectivity index (χ0) is 13.0. The molecule has 18 heavy (non-hydrogen) atoms. The zero-order valence-electron chi connectivity index (χ0n) is 9.04. The number of nitrogens with one attached hydrogen (secondary N) is 1. The number of benzene rings is 1. The highest BCUT2D eigenvalue weighted by Gasteiger charge is 2.10. The number of nitro benzene ring substituents is 1. The summed E-state index contributed by atoms with van der Waals surface area (Å²) >= 11 is 4.87. The van der Waals surface area contributed by atoms with E-state index in [1.54, 1.807) is 24.4 Å². The molecule has 0 saturated heterocycles. The molecule has 0 radical (unpaired) electrons. The fraction of sp³-hybridized carbons (Fsp3) is 0. The van der Waals surface area contributed by atoms with E-state index in [1.165, 1.54) is 17.4 Å². The molecule has 5 nitrogen and oxygen atoms in total. The summed E-state index contributed by atoms with van der Waals surface area (Å²) in [7, 11) is 0. The van der Waals surface area contributed by atoms with Gasteiger partial charge in [0.15, 0.2) is 0 Å². The first-order valence-electron chi connectivity index (χ1n) is 4.94. The first-order valence-corrected chi connectivity index (χ1v) is 6.55. The van der Waals surface area contributed by atoms with E-state index in [9.17, 15) is 10.1 Å². The van der Waals surface area contributed by atoms with Gasteiger partial charge in [0.05, 0.1) is 14.9 Å². The molecule has 92 valence electrons. The predicted molar refractivity (Wildman–Crippen MR) is 76.3 cm³/mol. The minimum Gasteiger partial charge on any atom is -0.272 e. The van der Waals surface area contributed by atoms with Gasteiger partial charge in [-0.1, -0.05) is 12.1 Å². The number of hydrogen-bond acceptors (Lipinski definition) is 5. The first-order chi connectivity index (χ1) is 8.66. The van der Waals surface area contributed by atoms with Crippen LogP contribution >= 0.6 is 27.3 Å². The summed E-state index contributed by atoms with van der Waals surface area (Å²) in [5.41, 5.74) is 3.04. The predicted octanol–water partition coefficient (Wildman–Crippen LogP) is 3.86. The van der Waals surface area contributed by atoms with Gasteiger partial charge in [-0.15, -0.1) is 11.3 Å². The molecule has 0 atom stereocenters. The van der Waals surface area contributed by atoms with Crippen LogP contribution in [-0.2, 0) is 0 Å². The van der Waals surface area contributed by atoms with E-state index in [2.05, 4.69) is 26.5 Å². The van der Waals surface area contributed by atoms with E-state index in [4.69, 9.17) is 0 Å². The van der Waals surface area contributed by atoms with E-state index < -0.39 is 4.92 Å². The maximum absolute atomic E-state index is 10.8. The number of anilines is 1. The van der Waals surface area contributed by atoms with Crippen LogP contribution in [0.1, 0.15) is 4.88 Å². The smallest absolute Gasteiger partial charge is 0.272 e. The van der Waals surface area contributed by atoms with Crippen molar-refractivity contribution in [2.45, 2.75) is 0 Å². The summed E-state index contributed by atoms with van der Waals surface area (Å²) in [6, 6.07) is 10.2. The molecule has 1 aromatic heterocycles. The molecule has 7 heteroatoms. The highest BCUT2D eigenvalue weighted by Crippen LogP contribution is 2.23. The number of rotatable bonds is 4. The highest BCUT2D eigenvalue weighted by molar-refractivity contribution is 9.11. The maximum atomic E-state index is 10.8. The molecule has 0 unspecified atom stereocenters. The van der Waals surface area contributed by atoms with Crippen LogP contribution in [0, 0.1) is 10.1 Å². The molecule has 2 rings (SSSR count). The normalized spacial score (nSPS) is 10.7. The minimum atomic E-state index is -0.445. The summed E-state index contributed by atoms with van der Waals surface area (Å²) < 4.78 is 1.01. The summed E-state index contributed by atoms with van der Waals surface area (Å²) in [4.78, 5) is 11.3. The van der Waals surface area contributed by atoms with E-state index in [1.807, 2.05) is 12.1 Å². The van der Waals surface area contributed by atoms with Gasteiger partial charge < -0.3 is 0 Å². The standard InChI is InChI=1S/C11H8BrN3O2S/c12-11-6-5-8(18-11)7-13-14-9-3-1-2-4-10(9)15(16)17/h1-7,14H/b13-7+. The third-order valence-corrected chi connectivity index (χ3v) is 3.63. The summed E-state index contributed by atoms with van der Waals surface area (Å²) in [5, 5.41) is 14.7. The summed E-state index contributed by atoms with van der Waals surface area (Å²) in [6.07, 6.45) is 1.62. The lowest BCUT2D eigenvalue weighted by Gasteiger charge is -2.00. The van der Waals surface area contributed by atoms with E-state index in [0.29, 0.717) is 5.69 Å². The molecular weight excluding hydrogens is 318 g/mol. The van der Waals surface area contributed by atoms with Gasteiger partial charge in [-0.3, -0.25) is 15.5 Å². The number of thiophene rings is 1. The SMILES string of the molecule is O=[N+]([O-])c1ccccc1N/N=C/c1ccc(Br)s1. The Morgan fingerprint density at radius 3 is 2.78 bits per heavy atom. The number of nitro groups is 1. The van der Waals surface area contributed by atoms with Crippen molar-refractivity contribution in [2.75, 3.05) is 5.43 Å². The number of para-hydroxylation sites is 2. The molecule has 0 bridgehead atoms. The quantitative estimate of drug-likeness (QED) is 0.527. The third-order valence-electron chi connectivity index (χ3n) is 2.07. The Hall–Kier alpha value is -1.73. The molecule has 1 heterocycles. The lowest BCUT2D eigenvalue weighted by molar-refractivity contribution is -0.384. The topological polar surface area (TPSA) is 67.5 Å². The second-order valence-electron chi connectivity index (χ2n) is 3.29. The zero-order valence-corrected chi connectivity index (χ0v) is 11.4. The number of hydrazone groups is 1. The Balaban J connectivity index is 2.11. The molecule has 1 N–H and O–H groups in total. The fourth-order valence-electron chi connectivity index (χ4n) is 1.29. The van der Waals surface area contributed by atoms with Crippen LogP contribution in [0.15, 0.2) is 45.3 Å². The number of halogens is 1. The van der Waals surface area contributed by atoms with Gasteiger partial charge >= 0.3 is 0 Å². The van der Waals surface area contributed by atoms with Gasteiger partial charge in [0.1, 0.15) is 5.69 Å². The van der Waals surface area contributed by atoms with Crippen LogP contribution in [-0.4, -0.2) is 11.1 Å². The molecule has 0 aliphatic carbocycles. The first kappa shape index (κ1) is 12.7. The van der Waals surface area contributed by atoms with Crippen LogP contribution < -0.4 is 5.43 Å². The van der Waals surface area contributed by atoms with Gasteiger partial charge in [-0.05, 0) is 34.1 Å². The van der Waals surface area contributed by atoms with Crippen LogP contribution in [0.3, 0.4) is 0 Å². The van der Waals surface area contributed by atoms with Crippen molar-refractivity contribution in [3.8, 4) is 0 Å². The lowest BCUT2D eigenvalue weighted by atomic mass is 10.3. The third kappa shape index (κ3) is 3.14. The number of hydrogen-bond donors (Lipinski definition) is 1. The average molecular weight is 326 g/mol. The van der Waals surface area contributed by atoms with Crippen LogP contribution in [0.5, 0.6) is 0 Å². The van der Waals surface area contributed by atoms with Crippen molar-refractivity contribution in [3.05, 3.63) is 55.2 Å². The maximum Gasteiger partial charge on any atom is 0.294 e. The second-order valence-corrected chi connectivity index (χ2v) is 5.78. The van der Waals surface area contributed by atoms with Crippen LogP contribution in [0.25, 0.3) is 0 Å². The summed E-state index contributed by atoms with van der Waals surface area (Å²) in [6.45, 7) is 0. The Morgan fingerprint density at radius 2 is 2.11 bits per heavy atom. The average Bonchev–Trinajstić information content (AvgIpc) is 2.75. The molecule has 0 amide bonds. The van der Waals surface area contributed by atoms with Crippen molar-refractivity contribution >= 4 is 44.9 Å². The van der Waals surface area contributed by atoms with E-state index in [-0.39, 0.29) is 5.69 Å². The molecular formula is C11H8BrN3O2S. The molecule has 0 fully saturated rings. The monoisotopic (exact) mass is 325 g/mol. The Morgan fingerprint density at radius 1 is 1.33 bits per heavy atom. The summed E-state index contributed by atoms with van der Waals surface area (Å²) in [5.74, 6) is 0. The van der Waals surface area contributed by atoms with Gasteiger partial charge in [-0.2, -0.15) is 5.10 Å². The van der Waals surface area contributed by atoms with Crippen molar-refractivity contribution < 1.29 is 4.92 Å². The second kappa shape index (κ2) is 5.74. The fourth-order valence-corrected chi connectivity index (χ4v) is 2.59. The van der Waals surface area contributed by atoms with Gasteiger partial charge in [-0.25, -0.2) is 0 Å². The largest absolute Gasteiger partial charge is 0.294 e. The van der Waals surface area contributed by atoms with Crippen molar-refractivity contribution in [1.29, 1.82) is 0 Å². The molecule has 0 spiro atoms. The molecule has 2 aromatic rings. The Bertz CT molecular complexity index is 597. The minimum absolute atomic E-state index is 0.00186. The Kier molecular flexibility index (Phi) is 4.06. The lowest BCUT2D eigenvalue weighted by Crippen LogP contribution is -1.96. The Labute approximate surface area is 115 Å². The van der Waals surface area contributed by atoms with Crippen molar-refractivity contribution in [3.63, 3.8) is 0 Å². The van der Waals surface area contributed by atoms with Crippen LogP contribution in [0.4, 0.5) is 11.4 Å². The highest BCUT2D eigenvalue weighted by atomic mass is 79.9. The molecule has 0 aliphatic rings. The van der Waals surface area contributed by atoms with Gasteiger partial charge in [0.25, 0.3) is 5.69 Å². The molecule has 0 aliphatic heterocycles. The number of nitrogens with zero attached hydrogens (tertiary/aromatic N) is 2. The van der Waals surface area contributed by atoms with Crippen LogP contribution in [0.2, 0.25) is 0 Å². The molecule has 1 aromatic carbocycles. The van der Waals surface area contributed by atoms with E-state index in [0.717, 1.165) is 8.66 Å². The van der Waals surface area contributed by atoms with Gasteiger partial charge in [0, 0.05) is 10.9 Å². The van der Waals surface area contributed by atoms with Crippen molar-refractivity contribution in [1.82, 2.24) is 0 Å². The molecule has 0 saturated carbocycles.